The first-order valence-electron chi connectivity index (χ1n) is 23.5. The first-order valence-corrected chi connectivity index (χ1v) is 23.5. The van der Waals surface area contributed by atoms with Crippen LogP contribution in [-0.2, 0) is 4.79 Å². The quantitative estimate of drug-likeness (QED) is 0.0371. The van der Waals surface area contributed by atoms with E-state index < -0.39 is 24.2 Å². The Morgan fingerprint density at radius 1 is 0.442 bits per heavy atom. The lowest BCUT2D eigenvalue weighted by Gasteiger charge is -2.23. The van der Waals surface area contributed by atoms with Crippen LogP contribution in [0, 0.1) is 0 Å². The van der Waals surface area contributed by atoms with E-state index in [4.69, 9.17) is 0 Å². The van der Waals surface area contributed by atoms with Gasteiger partial charge in [0, 0.05) is 0 Å². The van der Waals surface area contributed by atoms with E-state index in [0.29, 0.717) is 12.8 Å². The second-order valence-corrected chi connectivity index (χ2v) is 16.3. The van der Waals surface area contributed by atoms with Crippen molar-refractivity contribution in [3.8, 4) is 0 Å². The summed E-state index contributed by atoms with van der Waals surface area (Å²) >= 11 is 0. The maximum absolute atomic E-state index is 12.5. The second kappa shape index (κ2) is 42.8. The molecule has 0 saturated heterocycles. The summed E-state index contributed by atoms with van der Waals surface area (Å²) in [5.41, 5.74) is 0. The van der Waals surface area contributed by atoms with Crippen molar-refractivity contribution < 1.29 is 20.1 Å². The summed E-state index contributed by atoms with van der Waals surface area (Å²) < 4.78 is 0. The molecule has 3 atom stereocenters. The number of carbonyl (C=O) groups excluding carboxylic acids is 1. The van der Waals surface area contributed by atoms with Gasteiger partial charge in [-0.05, 0) is 38.5 Å². The molecular weight excluding hydrogens is 643 g/mol. The van der Waals surface area contributed by atoms with Gasteiger partial charge in [0.2, 0.25) is 5.91 Å². The molecule has 0 saturated carbocycles. The molecule has 0 aliphatic heterocycles. The van der Waals surface area contributed by atoms with Crippen molar-refractivity contribution in [2.24, 2.45) is 0 Å². The van der Waals surface area contributed by atoms with Crippen LogP contribution in [0.25, 0.3) is 0 Å². The molecule has 310 valence electrons. The number of aliphatic hydroxyl groups is 3. The van der Waals surface area contributed by atoms with Crippen LogP contribution in [0.15, 0.2) is 12.2 Å². The van der Waals surface area contributed by atoms with Gasteiger partial charge in [0.05, 0.1) is 18.8 Å². The van der Waals surface area contributed by atoms with E-state index in [-0.39, 0.29) is 6.61 Å². The lowest BCUT2D eigenvalue weighted by atomic mass is 10.0. The molecule has 5 heteroatoms. The van der Waals surface area contributed by atoms with Crippen LogP contribution in [0.3, 0.4) is 0 Å². The van der Waals surface area contributed by atoms with Gasteiger partial charge in [0.25, 0.3) is 0 Å². The van der Waals surface area contributed by atoms with Gasteiger partial charge in [-0.25, -0.2) is 0 Å². The largest absolute Gasteiger partial charge is 0.394 e. The van der Waals surface area contributed by atoms with E-state index in [2.05, 4.69) is 31.3 Å². The molecule has 0 aromatic rings. The molecule has 0 fully saturated rings. The zero-order valence-electron chi connectivity index (χ0n) is 35.2. The smallest absolute Gasteiger partial charge is 0.249 e. The summed E-state index contributed by atoms with van der Waals surface area (Å²) in [6, 6.07) is -0.708. The molecule has 52 heavy (non-hydrogen) atoms. The number of amides is 1. The lowest BCUT2D eigenvalue weighted by molar-refractivity contribution is -0.131. The molecule has 0 spiro atoms. The van der Waals surface area contributed by atoms with Crippen LogP contribution < -0.4 is 5.32 Å². The second-order valence-electron chi connectivity index (χ2n) is 16.3. The molecule has 0 heterocycles. The van der Waals surface area contributed by atoms with Crippen molar-refractivity contribution >= 4 is 5.91 Å². The maximum atomic E-state index is 12.5. The zero-order valence-corrected chi connectivity index (χ0v) is 35.2. The van der Waals surface area contributed by atoms with Gasteiger partial charge in [-0.3, -0.25) is 4.79 Å². The Kier molecular flexibility index (Phi) is 42.1. The molecule has 0 aliphatic carbocycles. The summed E-state index contributed by atoms with van der Waals surface area (Å²) in [5.74, 6) is -0.470. The monoisotopic (exact) mass is 736 g/mol. The first-order chi connectivity index (χ1) is 25.6. The Morgan fingerprint density at radius 3 is 1.06 bits per heavy atom. The number of rotatable bonds is 43. The summed E-state index contributed by atoms with van der Waals surface area (Å²) in [4.78, 5) is 12.5. The fourth-order valence-electron chi connectivity index (χ4n) is 7.42. The molecule has 4 N–H and O–H groups in total. The molecule has 0 aromatic heterocycles. The average molecular weight is 736 g/mol. The number of allylic oxidation sites excluding steroid dienone is 2. The van der Waals surface area contributed by atoms with E-state index in [9.17, 15) is 20.1 Å². The van der Waals surface area contributed by atoms with E-state index in [1.54, 1.807) is 0 Å². The van der Waals surface area contributed by atoms with Crippen LogP contribution in [0.2, 0.25) is 0 Å². The number of carbonyl (C=O) groups is 1. The summed E-state index contributed by atoms with van der Waals surface area (Å²) in [6.45, 7) is 4.24. The van der Waals surface area contributed by atoms with E-state index in [1.165, 1.54) is 199 Å². The van der Waals surface area contributed by atoms with Crippen molar-refractivity contribution in [1.29, 1.82) is 0 Å². The minimum Gasteiger partial charge on any atom is -0.394 e. The van der Waals surface area contributed by atoms with Crippen molar-refractivity contribution in [1.82, 2.24) is 5.32 Å². The third kappa shape index (κ3) is 37.4. The molecule has 0 bridgehead atoms. The summed E-state index contributed by atoms with van der Waals surface area (Å²) in [5, 5.41) is 33.3. The minimum absolute atomic E-state index is 0.311. The number of hydrogen-bond acceptors (Lipinski definition) is 4. The Bertz CT molecular complexity index is 728. The molecule has 0 aliphatic rings. The van der Waals surface area contributed by atoms with Gasteiger partial charge in [-0.1, -0.05) is 231 Å². The van der Waals surface area contributed by atoms with Crippen molar-refractivity contribution in [3.63, 3.8) is 0 Å². The van der Waals surface area contributed by atoms with Crippen molar-refractivity contribution in [2.45, 2.75) is 276 Å². The number of hydrogen-bond donors (Lipinski definition) is 4. The minimum atomic E-state index is -1.07. The molecular formula is C47H93NO4. The Morgan fingerprint density at radius 2 is 0.731 bits per heavy atom. The maximum Gasteiger partial charge on any atom is 0.249 e. The standard InChI is InChI=1S/C47H93NO4/c1-3-5-7-9-11-13-15-17-18-19-20-21-22-23-24-25-26-27-28-29-30-32-34-36-38-40-42-46(51)47(52)48-44(43-49)45(50)41-39-37-35-33-31-16-14-12-10-8-6-4-2/h23-24,44-46,49-51H,3-22,25-43H2,1-2H3,(H,48,52)/b24-23-. The van der Waals surface area contributed by atoms with Gasteiger partial charge >= 0.3 is 0 Å². The molecule has 1 amide bonds. The molecule has 0 radical (unpaired) electrons. The molecule has 0 aromatic carbocycles. The van der Waals surface area contributed by atoms with Crippen LogP contribution >= 0.6 is 0 Å². The first kappa shape index (κ1) is 51.1. The average Bonchev–Trinajstić information content (AvgIpc) is 3.15. The van der Waals surface area contributed by atoms with Gasteiger partial charge in [-0.2, -0.15) is 0 Å². The predicted octanol–water partition coefficient (Wildman–Crippen LogP) is 13.6. The highest BCUT2D eigenvalue weighted by Crippen LogP contribution is 2.16. The highest BCUT2D eigenvalue weighted by molar-refractivity contribution is 5.80. The van der Waals surface area contributed by atoms with Crippen molar-refractivity contribution in [2.75, 3.05) is 6.61 Å². The lowest BCUT2D eigenvalue weighted by Crippen LogP contribution is -2.49. The normalized spacial score (nSPS) is 13.6. The fourth-order valence-corrected chi connectivity index (χ4v) is 7.42. The van der Waals surface area contributed by atoms with Crippen LogP contribution in [0.4, 0.5) is 0 Å². The highest BCUT2D eigenvalue weighted by Gasteiger charge is 2.23. The van der Waals surface area contributed by atoms with E-state index in [0.717, 1.165) is 32.1 Å². The topological polar surface area (TPSA) is 89.8 Å². The van der Waals surface area contributed by atoms with E-state index >= 15 is 0 Å². The number of nitrogens with one attached hydrogen (secondary N) is 1. The highest BCUT2D eigenvalue weighted by atomic mass is 16.3. The van der Waals surface area contributed by atoms with Gasteiger partial charge in [0.1, 0.15) is 6.10 Å². The SMILES string of the molecule is CCCCCCCCCCCCCC/C=C\CCCCCCCCCCCCC(O)C(=O)NC(CO)C(O)CCCCCCCCCCCCCC. The third-order valence-electron chi connectivity index (χ3n) is 11.1. The third-order valence-corrected chi connectivity index (χ3v) is 11.1. The zero-order chi connectivity index (χ0) is 38.0. The fraction of sp³-hybridized carbons (Fsp3) is 0.936. The molecule has 5 nitrogen and oxygen atoms in total. The van der Waals surface area contributed by atoms with Gasteiger partial charge < -0.3 is 20.6 Å². The van der Waals surface area contributed by atoms with Gasteiger partial charge in [0.15, 0.2) is 0 Å². The Hall–Kier alpha value is -0.910. The molecule has 0 rings (SSSR count). The predicted molar refractivity (Wildman–Crippen MR) is 227 cm³/mol. The number of unbranched alkanes of at least 4 members (excludes halogenated alkanes) is 33. The van der Waals surface area contributed by atoms with Crippen molar-refractivity contribution in [3.05, 3.63) is 12.2 Å². The summed E-state index contributed by atoms with van der Waals surface area (Å²) in [6.07, 6.45) is 50.8. The number of aliphatic hydroxyl groups excluding tert-OH is 3. The van der Waals surface area contributed by atoms with Crippen LogP contribution in [-0.4, -0.2) is 46.1 Å². The van der Waals surface area contributed by atoms with Crippen LogP contribution in [0.1, 0.15) is 258 Å². The van der Waals surface area contributed by atoms with Gasteiger partial charge in [-0.15, -0.1) is 0 Å². The Balaban J connectivity index is 3.54. The summed E-state index contributed by atoms with van der Waals surface area (Å²) in [7, 11) is 0. The molecule has 3 unspecified atom stereocenters. The Labute approximate surface area is 325 Å². The van der Waals surface area contributed by atoms with E-state index in [1.807, 2.05) is 0 Å². The van der Waals surface area contributed by atoms with Crippen LogP contribution in [0.5, 0.6) is 0 Å².